The lowest BCUT2D eigenvalue weighted by Crippen LogP contribution is -2.64. The number of aliphatic hydroxyl groups is 2. The van der Waals surface area contributed by atoms with Gasteiger partial charge in [0.1, 0.15) is 60.9 Å². The number of hydrogen-bond acceptors (Lipinski definition) is 18. The van der Waals surface area contributed by atoms with Crippen LogP contribution in [0.5, 0.6) is 0 Å². The summed E-state index contributed by atoms with van der Waals surface area (Å²) in [6, 6.07) is -12.4. The van der Waals surface area contributed by atoms with Crippen molar-refractivity contribution >= 4 is 70.8 Å². The molecule has 28 nitrogen and oxygen atoms in total. The predicted molar refractivity (Wildman–Crippen MR) is 357 cm³/mol. The molecular weight excluding hydrogens is 1210 g/mol. The van der Waals surface area contributed by atoms with Gasteiger partial charge in [-0.2, -0.15) is 5.11 Å². The first-order valence-corrected chi connectivity index (χ1v) is 33.4. The topological polar surface area (TPSA) is 345 Å². The fourth-order valence-electron chi connectivity index (χ4n) is 11.6. The Hall–Kier alpha value is -6.68. The van der Waals surface area contributed by atoms with Crippen molar-refractivity contribution in [3.05, 3.63) is 0 Å². The molecule has 536 valence electrons. The van der Waals surface area contributed by atoms with Crippen LogP contribution in [0.4, 0.5) is 0 Å². The molecule has 2 aliphatic rings. The van der Waals surface area contributed by atoms with Crippen LogP contribution in [0.2, 0.25) is 0 Å². The molecule has 0 bridgehead atoms. The molecule has 13 atom stereocenters. The second-order valence-electron chi connectivity index (χ2n) is 29.1. The minimum Gasteiger partial charge on any atom is -0.450 e. The summed E-state index contributed by atoms with van der Waals surface area (Å²) in [6.45, 7) is 29.8. The maximum absolute atomic E-state index is 15.3. The van der Waals surface area contributed by atoms with Gasteiger partial charge in [-0.15, -0.1) is 5.10 Å². The number of cyclic esters (lactones) is 1. The van der Waals surface area contributed by atoms with Crippen LogP contribution >= 0.6 is 0 Å². The molecule has 0 aromatic rings. The molecule has 0 unspecified atom stereocenters. The van der Waals surface area contributed by atoms with E-state index in [4.69, 9.17) is 4.74 Å². The van der Waals surface area contributed by atoms with E-state index in [0.717, 1.165) is 14.7 Å². The molecular formula is C66H118N14O14. The van der Waals surface area contributed by atoms with Crippen LogP contribution in [0, 0.1) is 47.3 Å². The quantitative estimate of drug-likeness (QED) is 0.0954. The van der Waals surface area contributed by atoms with Gasteiger partial charge in [0.15, 0.2) is 6.10 Å². The molecule has 10 amide bonds. The van der Waals surface area contributed by atoms with Gasteiger partial charge in [-0.3, -0.25) is 47.9 Å². The van der Waals surface area contributed by atoms with E-state index in [-0.39, 0.29) is 68.1 Å². The normalized spacial score (nSPS) is 26.4. The number of esters is 1. The lowest BCUT2D eigenvalue weighted by molar-refractivity contribution is -0.166. The van der Waals surface area contributed by atoms with E-state index in [1.165, 1.54) is 70.8 Å². The summed E-state index contributed by atoms with van der Waals surface area (Å²) in [5.74, 6) is -11.8. The average Bonchev–Trinajstić information content (AvgIpc) is 0.870. The zero-order chi connectivity index (χ0) is 72.2. The maximum atomic E-state index is 15.3. The number of nitrogens with zero attached hydrogens (tertiary/aromatic N) is 10. The molecule has 0 aliphatic carbocycles. The number of amides is 10. The first-order valence-electron chi connectivity index (χ1n) is 33.4. The largest absolute Gasteiger partial charge is 0.450 e. The number of hydrogen-bond donors (Lipinski definition) is 6. The van der Waals surface area contributed by atoms with E-state index in [1.54, 1.807) is 34.6 Å². The molecule has 2 rings (SSSR count). The lowest BCUT2D eigenvalue weighted by atomic mass is 9.91. The molecule has 0 radical (unpaired) electrons. The Morgan fingerprint density at radius 3 is 1.38 bits per heavy atom. The minimum atomic E-state index is -1.78. The number of rotatable bonds is 20. The molecule has 0 spiro atoms. The number of carbonyl (C=O) groups is 11. The van der Waals surface area contributed by atoms with Gasteiger partial charge in [-0.05, 0) is 119 Å². The van der Waals surface area contributed by atoms with Gasteiger partial charge in [0.2, 0.25) is 53.2 Å². The summed E-state index contributed by atoms with van der Waals surface area (Å²) in [5, 5.41) is 46.4. The van der Waals surface area contributed by atoms with E-state index in [0.29, 0.717) is 25.3 Å². The maximum Gasteiger partial charge on any atom is 0.329 e. The summed E-state index contributed by atoms with van der Waals surface area (Å²) in [6.07, 6.45) is -4.00. The zero-order valence-corrected chi connectivity index (χ0v) is 60.9. The SMILES string of the molecule is CC(C)C[C@@H]1C(=O)N[C@H](CC(C)C)C(=O)N(C)[C@H](C(C)C)C(=O)N(C)[C@H]([C@H](O)[C@H](C)CCN(C)CC2=NN=NC2)C(=O)N[C@H]([C@@H](C)O)C(=O)N(C)CC(=O)N(C)[C@@H](CC(C)C)C(=O)N[C@H](CC(C)C)C(=O)N(C)[C@H](CC(C)C)C(=O)N[C@H](C)C(=O)O[C@@H](C(C)C)C(=O)N1C. The zero-order valence-electron chi connectivity index (χ0n) is 60.9. The van der Waals surface area contributed by atoms with E-state index >= 15 is 14.4 Å². The highest BCUT2D eigenvalue weighted by molar-refractivity contribution is 5.99. The summed E-state index contributed by atoms with van der Waals surface area (Å²) in [5.41, 5.74) is 0.716. The Morgan fingerprint density at radius 1 is 0.521 bits per heavy atom. The van der Waals surface area contributed by atoms with Crippen LogP contribution in [0.25, 0.3) is 0 Å². The van der Waals surface area contributed by atoms with Crippen LogP contribution < -0.4 is 21.3 Å². The molecule has 94 heavy (non-hydrogen) atoms. The molecule has 0 aromatic carbocycles. The fourth-order valence-corrected chi connectivity index (χ4v) is 11.6. The van der Waals surface area contributed by atoms with Gasteiger partial charge in [0.25, 0.3) is 5.91 Å². The van der Waals surface area contributed by atoms with Crippen LogP contribution in [0.3, 0.4) is 0 Å². The fraction of sp³-hybridized carbons (Fsp3) is 0.818. The van der Waals surface area contributed by atoms with Gasteiger partial charge < -0.3 is 70.5 Å². The average molecular weight is 1330 g/mol. The van der Waals surface area contributed by atoms with Crippen molar-refractivity contribution in [3.63, 3.8) is 0 Å². The van der Waals surface area contributed by atoms with Gasteiger partial charge in [-0.1, -0.05) is 104 Å². The van der Waals surface area contributed by atoms with Crippen molar-refractivity contribution in [3.8, 4) is 0 Å². The first kappa shape index (κ1) is 83.4. The van der Waals surface area contributed by atoms with Gasteiger partial charge in [0.05, 0.1) is 24.5 Å². The monoisotopic (exact) mass is 1330 g/mol. The number of ether oxygens (including phenoxy) is 1. The predicted octanol–water partition coefficient (Wildman–Crippen LogP) is 2.53. The van der Waals surface area contributed by atoms with Crippen molar-refractivity contribution in [1.29, 1.82) is 0 Å². The van der Waals surface area contributed by atoms with Gasteiger partial charge >= 0.3 is 5.97 Å². The standard InChI is InChI=1S/C66H118N14O14/c1-35(2)27-46-61(88)77(21)49(30-38(7)8)57(84)68-43(16)66(93)94-56(41(13)14)65(92)78(22)50(31-39(9)10)59(86)70-47(28-36(3)4)62(89)79(23)53(40(11)12)64(91)80(24)54(55(83)42(15)25-26-74(18)33-45-32-67-73-72-45)60(87)71-52(44(17)81)63(90)75(19)34-51(82)76(20)48(29-37(5)6)58(85)69-46/h35-44,46-50,52-56,81,83H,25-34H2,1-24H3,(H,68,84)(H,69,85)(H,70,86)(H,71,87)/t42-,43-,44-,46-,47-,48+,49-,50-,52-,53-,54-,55-,56+/m1/s1. The molecule has 2 heterocycles. The highest BCUT2D eigenvalue weighted by atomic mass is 16.6. The molecule has 28 heteroatoms. The Labute approximate surface area is 559 Å². The summed E-state index contributed by atoms with van der Waals surface area (Å²) in [7, 11) is 9.94. The van der Waals surface area contributed by atoms with Crippen molar-refractivity contribution in [1.82, 2.24) is 55.6 Å². The molecule has 1 fully saturated rings. The van der Waals surface area contributed by atoms with Crippen molar-refractivity contribution in [2.45, 2.75) is 229 Å². The highest BCUT2D eigenvalue weighted by Gasteiger charge is 2.46. The number of carbonyl (C=O) groups excluding carboxylic acids is 11. The van der Waals surface area contributed by atoms with Gasteiger partial charge in [0, 0.05) is 48.8 Å². The van der Waals surface area contributed by atoms with Crippen LogP contribution in [-0.4, -0.2) is 263 Å². The van der Waals surface area contributed by atoms with E-state index < -0.39 is 162 Å². The third kappa shape index (κ3) is 24.5. The first-order chi connectivity index (χ1) is 43.5. The van der Waals surface area contributed by atoms with E-state index in [1.807, 2.05) is 81.2 Å². The Balaban J connectivity index is 3.03. The summed E-state index contributed by atoms with van der Waals surface area (Å²) >= 11 is 0. The van der Waals surface area contributed by atoms with E-state index in [2.05, 4.69) is 36.7 Å². The van der Waals surface area contributed by atoms with E-state index in [9.17, 15) is 48.6 Å². The number of aliphatic hydroxyl groups excluding tert-OH is 2. The smallest absolute Gasteiger partial charge is 0.329 e. The Kier molecular flexibility index (Phi) is 33.9. The molecule has 0 aromatic heterocycles. The molecule has 2 aliphatic heterocycles. The number of nitrogens with one attached hydrogen (secondary N) is 4. The van der Waals surface area contributed by atoms with Gasteiger partial charge in [-0.25, -0.2) is 4.79 Å². The second-order valence-corrected chi connectivity index (χ2v) is 29.1. The van der Waals surface area contributed by atoms with Crippen LogP contribution in [-0.2, 0) is 57.5 Å². The van der Waals surface area contributed by atoms with Crippen molar-refractivity contribution in [2.24, 2.45) is 62.8 Å². The molecule has 6 N–H and O–H groups in total. The van der Waals surface area contributed by atoms with Crippen LogP contribution in [0.1, 0.15) is 156 Å². The van der Waals surface area contributed by atoms with Crippen LogP contribution in [0.15, 0.2) is 15.4 Å². The molecule has 1 saturated heterocycles. The third-order valence-electron chi connectivity index (χ3n) is 17.2. The Morgan fingerprint density at radius 2 is 0.957 bits per heavy atom. The lowest BCUT2D eigenvalue weighted by Gasteiger charge is -2.40. The van der Waals surface area contributed by atoms with Crippen molar-refractivity contribution < 1.29 is 67.7 Å². The Bertz CT molecular complexity index is 2650. The third-order valence-corrected chi connectivity index (χ3v) is 17.2. The second kappa shape index (κ2) is 38.2. The van der Waals surface area contributed by atoms with Crippen molar-refractivity contribution in [2.75, 3.05) is 75.5 Å². The molecule has 0 saturated carbocycles. The number of likely N-dealkylation sites (N-methyl/N-ethyl adjacent to an activating group) is 6. The summed E-state index contributed by atoms with van der Waals surface area (Å²) in [4.78, 5) is 171. The highest BCUT2D eigenvalue weighted by Crippen LogP contribution is 2.25. The minimum absolute atomic E-state index is 0.0668. The summed E-state index contributed by atoms with van der Waals surface area (Å²) < 4.78 is 5.91.